The summed E-state index contributed by atoms with van der Waals surface area (Å²) < 4.78 is 35.2. The number of amides is 1. The topological polar surface area (TPSA) is 141 Å². The predicted molar refractivity (Wildman–Crippen MR) is 156 cm³/mol. The van der Waals surface area contributed by atoms with Crippen LogP contribution < -0.4 is 15.8 Å². The van der Waals surface area contributed by atoms with Gasteiger partial charge < -0.3 is 20.4 Å². The number of nitrogens with one attached hydrogen (secondary N) is 2. The number of benzene rings is 1. The Morgan fingerprint density at radius 3 is 2.49 bits per heavy atom. The molecule has 1 aromatic carbocycles. The van der Waals surface area contributed by atoms with E-state index in [9.17, 15) is 13.2 Å². The molecule has 0 spiro atoms. The van der Waals surface area contributed by atoms with Crippen molar-refractivity contribution >= 4 is 39.0 Å². The van der Waals surface area contributed by atoms with Gasteiger partial charge in [-0.3, -0.25) is 0 Å². The van der Waals surface area contributed by atoms with E-state index in [1.807, 2.05) is 22.9 Å². The van der Waals surface area contributed by atoms with Gasteiger partial charge in [-0.2, -0.15) is 0 Å². The zero-order valence-corrected chi connectivity index (χ0v) is 24.9. The first-order chi connectivity index (χ1) is 18.5. The molecule has 0 saturated heterocycles. The smallest absolute Gasteiger partial charge is 0.404 e. The number of anilines is 2. The Kier molecular flexibility index (Phi) is 10.9. The molecule has 2 aromatic heterocycles. The van der Waals surface area contributed by atoms with E-state index in [0.29, 0.717) is 23.7 Å². The number of primary amides is 1. The number of nitrogens with zero attached hydrogens (tertiary/aromatic N) is 3. The summed E-state index contributed by atoms with van der Waals surface area (Å²) in [5.41, 5.74) is 6.02. The van der Waals surface area contributed by atoms with Crippen LogP contribution in [0.3, 0.4) is 0 Å². The van der Waals surface area contributed by atoms with Crippen LogP contribution in [0.4, 0.5) is 16.3 Å². The summed E-state index contributed by atoms with van der Waals surface area (Å²) in [7, 11) is -3.67. The molecule has 1 saturated carbocycles. The van der Waals surface area contributed by atoms with Crippen molar-refractivity contribution in [3.63, 3.8) is 0 Å². The minimum absolute atomic E-state index is 0.0995. The standard InChI is InChI=1S/C23H31N5O2S2.C4H9NO2/c1-4-26-32(29,30)21-12-18(27-22-14-24-15-28(22)16(2)3)10-11-19(21)20-13-25-23(31-20)17-8-6-5-7-9-17;1-3(2)7-4(5)6/h10-17,26-27H,4-9H2,1-3H3;3H,1-2H3,(H2,5,6). The van der Waals surface area contributed by atoms with E-state index in [1.54, 1.807) is 50.7 Å². The summed E-state index contributed by atoms with van der Waals surface area (Å²) in [6, 6.07) is 5.73. The van der Waals surface area contributed by atoms with Gasteiger partial charge in [0.25, 0.3) is 0 Å². The summed E-state index contributed by atoms with van der Waals surface area (Å²) in [5.74, 6) is 1.31. The van der Waals surface area contributed by atoms with Gasteiger partial charge in [0, 0.05) is 36.0 Å². The van der Waals surface area contributed by atoms with Gasteiger partial charge in [-0.1, -0.05) is 32.3 Å². The monoisotopic (exact) mass is 576 g/mol. The maximum absolute atomic E-state index is 13.1. The summed E-state index contributed by atoms with van der Waals surface area (Å²) in [4.78, 5) is 19.9. The third-order valence-corrected chi connectivity index (χ3v) is 8.97. The van der Waals surface area contributed by atoms with E-state index in [4.69, 9.17) is 0 Å². The number of sulfonamides is 1. The van der Waals surface area contributed by atoms with Crippen LogP contribution in [-0.4, -0.2) is 41.7 Å². The van der Waals surface area contributed by atoms with E-state index in [0.717, 1.165) is 15.7 Å². The van der Waals surface area contributed by atoms with Crippen LogP contribution in [0.25, 0.3) is 10.4 Å². The van der Waals surface area contributed by atoms with Crippen molar-refractivity contribution in [2.45, 2.75) is 89.7 Å². The molecule has 39 heavy (non-hydrogen) atoms. The second-order valence-corrected chi connectivity index (χ2v) is 12.8. The number of hydrogen-bond donors (Lipinski definition) is 3. The van der Waals surface area contributed by atoms with Gasteiger partial charge in [0.2, 0.25) is 10.0 Å². The van der Waals surface area contributed by atoms with Crippen LogP contribution in [0.1, 0.15) is 83.7 Å². The van der Waals surface area contributed by atoms with Gasteiger partial charge in [0.05, 0.1) is 33.4 Å². The molecule has 0 radical (unpaired) electrons. The van der Waals surface area contributed by atoms with E-state index in [1.165, 1.54) is 32.1 Å². The van der Waals surface area contributed by atoms with Gasteiger partial charge in [-0.25, -0.2) is 27.9 Å². The second kappa shape index (κ2) is 13.9. The lowest BCUT2D eigenvalue weighted by molar-refractivity contribution is 0.125. The Morgan fingerprint density at radius 1 is 1.18 bits per heavy atom. The van der Waals surface area contributed by atoms with Crippen LogP contribution in [0.2, 0.25) is 0 Å². The van der Waals surface area contributed by atoms with E-state index < -0.39 is 16.1 Å². The minimum atomic E-state index is -3.67. The second-order valence-electron chi connectivity index (χ2n) is 10.0. The number of carbonyl (C=O) groups excluding carboxylic acids is 1. The number of hydrogen-bond acceptors (Lipinski definition) is 8. The molecule has 1 aliphatic rings. The van der Waals surface area contributed by atoms with Crippen molar-refractivity contribution in [3.05, 3.63) is 41.9 Å². The summed E-state index contributed by atoms with van der Waals surface area (Å²) in [6.07, 6.45) is 10.6. The molecule has 0 bridgehead atoms. The van der Waals surface area contributed by atoms with E-state index >= 15 is 0 Å². The summed E-state index contributed by atoms with van der Waals surface area (Å²) in [5, 5.41) is 4.44. The van der Waals surface area contributed by atoms with Crippen LogP contribution in [0.5, 0.6) is 0 Å². The highest BCUT2D eigenvalue weighted by Crippen LogP contribution is 2.40. The molecule has 2 heterocycles. The molecule has 10 nitrogen and oxygen atoms in total. The number of carbonyl (C=O) groups is 1. The first-order valence-corrected chi connectivity index (χ1v) is 15.7. The van der Waals surface area contributed by atoms with E-state index in [-0.39, 0.29) is 17.0 Å². The highest BCUT2D eigenvalue weighted by atomic mass is 32.2. The van der Waals surface area contributed by atoms with Crippen molar-refractivity contribution in [2.75, 3.05) is 11.9 Å². The van der Waals surface area contributed by atoms with E-state index in [2.05, 4.69) is 44.3 Å². The number of nitrogens with two attached hydrogens (primary N) is 1. The minimum Gasteiger partial charge on any atom is -0.447 e. The summed E-state index contributed by atoms with van der Waals surface area (Å²) >= 11 is 1.62. The molecule has 214 valence electrons. The predicted octanol–water partition coefficient (Wildman–Crippen LogP) is 6.17. The zero-order valence-electron chi connectivity index (χ0n) is 23.3. The van der Waals surface area contributed by atoms with Crippen molar-refractivity contribution < 1.29 is 17.9 Å². The van der Waals surface area contributed by atoms with Crippen molar-refractivity contribution in [1.29, 1.82) is 0 Å². The largest absolute Gasteiger partial charge is 0.447 e. The molecular formula is C27H40N6O4S2. The molecule has 0 aliphatic heterocycles. The highest BCUT2D eigenvalue weighted by molar-refractivity contribution is 7.89. The molecule has 12 heteroatoms. The molecule has 4 rings (SSSR count). The molecular weight excluding hydrogens is 536 g/mol. The first kappa shape index (κ1) is 30.6. The Morgan fingerprint density at radius 2 is 1.90 bits per heavy atom. The Bertz CT molecular complexity index is 1330. The Hall–Kier alpha value is -2.96. The number of rotatable bonds is 9. The number of ether oxygens (including phenoxy) is 1. The van der Waals surface area contributed by atoms with Gasteiger partial charge in [0.1, 0.15) is 5.82 Å². The lowest BCUT2D eigenvalue weighted by Gasteiger charge is -2.19. The molecule has 1 amide bonds. The lowest BCUT2D eigenvalue weighted by Crippen LogP contribution is -2.23. The van der Waals surface area contributed by atoms with Crippen molar-refractivity contribution in [2.24, 2.45) is 5.73 Å². The zero-order chi connectivity index (χ0) is 28.6. The SMILES string of the molecule is CC(C)OC(N)=O.CCNS(=O)(=O)c1cc(Nc2cncn2C(C)C)ccc1-c1cnc(C2CCCCC2)s1. The first-order valence-electron chi connectivity index (χ1n) is 13.4. The Balaban J connectivity index is 0.000000532. The summed E-state index contributed by atoms with van der Waals surface area (Å²) in [6.45, 7) is 9.74. The van der Waals surface area contributed by atoms with Gasteiger partial charge in [-0.15, -0.1) is 11.3 Å². The van der Waals surface area contributed by atoms with Crippen molar-refractivity contribution in [3.8, 4) is 10.4 Å². The average Bonchev–Trinajstić information content (AvgIpc) is 3.54. The highest BCUT2D eigenvalue weighted by Gasteiger charge is 2.24. The maximum Gasteiger partial charge on any atom is 0.404 e. The van der Waals surface area contributed by atoms with Crippen LogP contribution in [-0.2, 0) is 14.8 Å². The quantitative estimate of drug-likeness (QED) is 0.277. The lowest BCUT2D eigenvalue weighted by atomic mass is 9.90. The van der Waals surface area contributed by atoms with Crippen molar-refractivity contribution in [1.82, 2.24) is 19.3 Å². The van der Waals surface area contributed by atoms with Gasteiger partial charge in [0.15, 0.2) is 0 Å². The molecule has 0 unspecified atom stereocenters. The maximum atomic E-state index is 13.1. The Labute approximate surface area is 235 Å². The fraction of sp³-hybridized carbons (Fsp3) is 0.519. The molecule has 1 aliphatic carbocycles. The van der Waals surface area contributed by atoms with Crippen LogP contribution in [0.15, 0.2) is 41.8 Å². The van der Waals surface area contributed by atoms with Gasteiger partial charge >= 0.3 is 6.09 Å². The molecule has 4 N–H and O–H groups in total. The normalized spacial score (nSPS) is 14.2. The van der Waals surface area contributed by atoms with Crippen LogP contribution >= 0.6 is 11.3 Å². The van der Waals surface area contributed by atoms with Crippen LogP contribution in [0, 0.1) is 0 Å². The molecule has 3 aromatic rings. The molecule has 1 fully saturated rings. The number of thiazole rings is 1. The third-order valence-electron chi connectivity index (χ3n) is 6.20. The fourth-order valence-corrected chi connectivity index (χ4v) is 6.91. The average molecular weight is 577 g/mol. The number of imidazole rings is 1. The third kappa shape index (κ3) is 8.51. The fourth-order valence-electron chi connectivity index (χ4n) is 4.44. The molecule has 0 atom stereocenters. The number of aromatic nitrogens is 3. The van der Waals surface area contributed by atoms with Gasteiger partial charge in [-0.05, 0) is 52.7 Å².